The van der Waals surface area contributed by atoms with Gasteiger partial charge in [-0.15, -0.1) is 0 Å². The van der Waals surface area contributed by atoms with E-state index in [1.54, 1.807) is 12.1 Å². The highest BCUT2D eigenvalue weighted by Gasteiger charge is 2.40. The predicted octanol–water partition coefficient (Wildman–Crippen LogP) is 3.64. The number of sulfonamides is 1. The van der Waals surface area contributed by atoms with Crippen molar-refractivity contribution >= 4 is 22.0 Å². The van der Waals surface area contributed by atoms with Crippen LogP contribution in [0.15, 0.2) is 53.4 Å². The summed E-state index contributed by atoms with van der Waals surface area (Å²) in [5.74, 6) is -1.57. The second kappa shape index (κ2) is 9.92. The van der Waals surface area contributed by atoms with E-state index in [9.17, 15) is 31.2 Å². The van der Waals surface area contributed by atoms with E-state index in [0.717, 1.165) is 22.5 Å². The Kier molecular flexibility index (Phi) is 7.43. The minimum atomic E-state index is -4.80. The average Bonchev–Trinajstić information content (AvgIpc) is 2.82. The number of piperidine rings is 1. The van der Waals surface area contributed by atoms with E-state index < -0.39 is 44.5 Å². The molecule has 1 aliphatic heterocycles. The summed E-state index contributed by atoms with van der Waals surface area (Å²) >= 11 is 0. The Morgan fingerprint density at radius 1 is 1.03 bits per heavy atom. The number of hydrogen-bond acceptors (Lipinski definition) is 6. The lowest BCUT2D eigenvalue weighted by Crippen LogP contribution is -2.41. The molecule has 1 aliphatic rings. The predicted molar refractivity (Wildman–Crippen MR) is 111 cm³/mol. The van der Waals surface area contributed by atoms with Gasteiger partial charge in [0.15, 0.2) is 0 Å². The number of rotatable bonds is 6. The molecule has 3 rings (SSSR count). The molecule has 178 valence electrons. The summed E-state index contributed by atoms with van der Waals surface area (Å²) in [5.41, 5.74) is -0.210. The van der Waals surface area contributed by atoms with Gasteiger partial charge in [-0.2, -0.15) is 17.5 Å². The SMILES string of the molecule is COC(=O)c1ccc(COC(=O)C2CCN(S(=O)(=O)c3ccccc3C(F)(F)F)CC2)cc1. The third-order valence-electron chi connectivity index (χ3n) is 5.35. The molecular weight excluding hydrogens is 463 g/mol. The molecule has 33 heavy (non-hydrogen) atoms. The van der Waals surface area contributed by atoms with Gasteiger partial charge in [0.2, 0.25) is 10.0 Å². The first-order valence-corrected chi connectivity index (χ1v) is 11.5. The second-order valence-corrected chi connectivity index (χ2v) is 9.37. The molecule has 11 heteroatoms. The first-order chi connectivity index (χ1) is 15.5. The fraction of sp³-hybridized carbons (Fsp3) is 0.364. The maximum atomic E-state index is 13.3. The van der Waals surface area contributed by atoms with Crippen molar-refractivity contribution < 1.29 is 40.7 Å². The molecule has 1 heterocycles. The number of nitrogens with zero attached hydrogens (tertiary/aromatic N) is 1. The largest absolute Gasteiger partial charge is 0.465 e. The molecule has 1 saturated heterocycles. The van der Waals surface area contributed by atoms with Crippen LogP contribution in [0, 0.1) is 5.92 Å². The van der Waals surface area contributed by atoms with Crippen LogP contribution in [0.2, 0.25) is 0 Å². The molecule has 0 radical (unpaired) electrons. The van der Waals surface area contributed by atoms with Crippen LogP contribution in [-0.2, 0) is 37.1 Å². The molecule has 1 fully saturated rings. The van der Waals surface area contributed by atoms with E-state index in [4.69, 9.17) is 4.74 Å². The Hall–Kier alpha value is -2.92. The van der Waals surface area contributed by atoms with Crippen molar-refractivity contribution in [2.24, 2.45) is 5.92 Å². The maximum absolute atomic E-state index is 13.3. The zero-order valence-electron chi connectivity index (χ0n) is 17.7. The highest BCUT2D eigenvalue weighted by Crippen LogP contribution is 2.36. The van der Waals surface area contributed by atoms with Crippen LogP contribution in [-0.4, -0.2) is 44.9 Å². The Morgan fingerprint density at radius 2 is 1.64 bits per heavy atom. The molecule has 2 aromatic rings. The Labute approximate surface area is 189 Å². The van der Waals surface area contributed by atoms with Crippen molar-refractivity contribution in [3.05, 3.63) is 65.2 Å². The Balaban J connectivity index is 1.58. The number of benzene rings is 2. The molecule has 0 bridgehead atoms. The quantitative estimate of drug-likeness (QED) is 0.581. The molecular formula is C22H22F3NO6S. The monoisotopic (exact) mass is 485 g/mol. The van der Waals surface area contributed by atoms with Crippen LogP contribution in [0.3, 0.4) is 0 Å². The molecule has 0 N–H and O–H groups in total. The zero-order chi connectivity index (χ0) is 24.2. The van der Waals surface area contributed by atoms with Gasteiger partial charge in [0.1, 0.15) is 6.61 Å². The molecule has 0 spiro atoms. The third-order valence-corrected chi connectivity index (χ3v) is 7.31. The number of methoxy groups -OCH3 is 1. The lowest BCUT2D eigenvalue weighted by Gasteiger charge is -2.30. The maximum Gasteiger partial charge on any atom is 0.417 e. The molecule has 7 nitrogen and oxygen atoms in total. The second-order valence-electron chi connectivity index (χ2n) is 7.47. The lowest BCUT2D eigenvalue weighted by atomic mass is 9.98. The highest BCUT2D eigenvalue weighted by molar-refractivity contribution is 7.89. The van der Waals surface area contributed by atoms with E-state index in [0.29, 0.717) is 11.1 Å². The van der Waals surface area contributed by atoms with E-state index in [1.165, 1.54) is 25.3 Å². The summed E-state index contributed by atoms with van der Waals surface area (Å²) in [4.78, 5) is 23.0. The summed E-state index contributed by atoms with van der Waals surface area (Å²) in [7, 11) is -3.10. The number of carbonyl (C=O) groups is 2. The lowest BCUT2D eigenvalue weighted by molar-refractivity contribution is -0.151. The van der Waals surface area contributed by atoms with Crippen LogP contribution < -0.4 is 0 Å². The molecule has 0 amide bonds. The summed E-state index contributed by atoms with van der Waals surface area (Å²) < 4.78 is 76.3. The third kappa shape index (κ3) is 5.72. The molecule has 0 aliphatic carbocycles. The molecule has 0 atom stereocenters. The van der Waals surface area contributed by atoms with E-state index >= 15 is 0 Å². The van der Waals surface area contributed by atoms with Crippen molar-refractivity contribution in [2.45, 2.75) is 30.5 Å². The van der Waals surface area contributed by atoms with Crippen molar-refractivity contribution in [2.75, 3.05) is 20.2 Å². The van der Waals surface area contributed by atoms with Gasteiger partial charge in [0.05, 0.1) is 29.1 Å². The summed E-state index contributed by atoms with van der Waals surface area (Å²) in [5, 5.41) is 0. The van der Waals surface area contributed by atoms with Crippen LogP contribution in [0.25, 0.3) is 0 Å². The Morgan fingerprint density at radius 3 is 2.21 bits per heavy atom. The van der Waals surface area contributed by atoms with Gasteiger partial charge in [0, 0.05) is 13.1 Å². The van der Waals surface area contributed by atoms with Crippen molar-refractivity contribution in [3.8, 4) is 0 Å². The van der Waals surface area contributed by atoms with Crippen molar-refractivity contribution in [3.63, 3.8) is 0 Å². The first-order valence-electron chi connectivity index (χ1n) is 10.0. The smallest absolute Gasteiger partial charge is 0.417 e. The molecule has 0 unspecified atom stereocenters. The zero-order valence-corrected chi connectivity index (χ0v) is 18.5. The van der Waals surface area contributed by atoms with Crippen molar-refractivity contribution in [1.29, 1.82) is 0 Å². The van der Waals surface area contributed by atoms with Crippen LogP contribution in [0.4, 0.5) is 13.2 Å². The van der Waals surface area contributed by atoms with E-state index in [-0.39, 0.29) is 32.5 Å². The van der Waals surface area contributed by atoms with Crippen molar-refractivity contribution in [1.82, 2.24) is 4.31 Å². The minimum absolute atomic E-state index is 0.0300. The van der Waals surface area contributed by atoms with Gasteiger partial charge in [-0.05, 0) is 42.7 Å². The van der Waals surface area contributed by atoms with Gasteiger partial charge >= 0.3 is 18.1 Å². The molecule has 0 saturated carbocycles. The Bertz CT molecular complexity index is 1110. The normalized spacial score (nSPS) is 15.8. The van der Waals surface area contributed by atoms with Gasteiger partial charge in [-0.3, -0.25) is 4.79 Å². The van der Waals surface area contributed by atoms with Crippen LogP contribution in [0.5, 0.6) is 0 Å². The number of hydrogen-bond donors (Lipinski definition) is 0. The number of esters is 2. The minimum Gasteiger partial charge on any atom is -0.465 e. The fourth-order valence-corrected chi connectivity index (χ4v) is 5.21. The molecule has 2 aromatic carbocycles. The van der Waals surface area contributed by atoms with Gasteiger partial charge in [-0.1, -0.05) is 24.3 Å². The summed E-state index contributed by atoms with van der Waals surface area (Å²) in [6.07, 6.45) is -4.54. The fourth-order valence-electron chi connectivity index (χ4n) is 3.52. The van der Waals surface area contributed by atoms with Crippen LogP contribution in [0.1, 0.15) is 34.3 Å². The summed E-state index contributed by atoms with van der Waals surface area (Å²) in [6.45, 7) is -0.220. The van der Waals surface area contributed by atoms with E-state index in [2.05, 4.69) is 4.74 Å². The standard InChI is InChI=1S/C22H22F3NO6S/c1-31-20(27)16-8-6-15(7-9-16)14-32-21(28)17-10-12-26(13-11-17)33(29,30)19-5-3-2-4-18(19)22(23,24)25/h2-9,17H,10-14H2,1H3. The van der Waals surface area contributed by atoms with Gasteiger partial charge in [-0.25, -0.2) is 13.2 Å². The number of halogens is 3. The van der Waals surface area contributed by atoms with Crippen LogP contribution >= 0.6 is 0 Å². The van der Waals surface area contributed by atoms with Gasteiger partial charge < -0.3 is 9.47 Å². The molecule has 0 aromatic heterocycles. The number of carbonyl (C=O) groups excluding carboxylic acids is 2. The van der Waals surface area contributed by atoms with E-state index in [1.807, 2.05) is 0 Å². The topological polar surface area (TPSA) is 90.0 Å². The number of ether oxygens (including phenoxy) is 2. The summed E-state index contributed by atoms with van der Waals surface area (Å²) in [6, 6.07) is 10.4. The first kappa shape index (κ1) is 24.7. The highest BCUT2D eigenvalue weighted by atomic mass is 32.2. The number of alkyl halides is 3. The average molecular weight is 485 g/mol. The van der Waals surface area contributed by atoms with Gasteiger partial charge in [0.25, 0.3) is 0 Å².